The van der Waals surface area contributed by atoms with Crippen LogP contribution in [0.3, 0.4) is 0 Å². The molecular formula is C16H24FN3O8. The standard InChI is InChI=1S/C16H24FN3O8/c1-3-5-6-11(17)20(27)15(25)12(22)10(8-21)28-16(15,26)19-7-9(4-2)13(23)18-14(19)24/h4,7,10-12,21-22,25-27H,2-3,5-6,8H2,1H3,(H,18,23,24)/t10-,11?,12-,15-,16-/m1/s1. The molecular weight excluding hydrogens is 381 g/mol. The number of rotatable bonds is 8. The molecule has 1 saturated heterocycles. The van der Waals surface area contributed by atoms with Crippen LogP contribution in [-0.4, -0.2) is 71.1 Å². The van der Waals surface area contributed by atoms with Gasteiger partial charge in [0.2, 0.25) is 5.72 Å². The Morgan fingerprint density at radius 3 is 2.68 bits per heavy atom. The second-order valence-electron chi connectivity index (χ2n) is 6.46. The van der Waals surface area contributed by atoms with E-state index < -0.39 is 48.0 Å². The Hall–Kier alpha value is -1.93. The second kappa shape index (κ2) is 8.21. The van der Waals surface area contributed by atoms with Crippen molar-refractivity contribution in [1.29, 1.82) is 0 Å². The van der Waals surface area contributed by atoms with Crippen molar-refractivity contribution in [2.24, 2.45) is 0 Å². The van der Waals surface area contributed by atoms with Crippen molar-refractivity contribution in [3.05, 3.63) is 39.2 Å². The number of aromatic nitrogens is 2. The quantitative estimate of drug-likeness (QED) is 0.169. The van der Waals surface area contributed by atoms with Crippen LogP contribution in [0.15, 0.2) is 22.4 Å². The number of hydrogen-bond acceptors (Lipinski definition) is 9. The number of ether oxygens (including phenoxy) is 1. The third kappa shape index (κ3) is 3.33. The highest BCUT2D eigenvalue weighted by Crippen LogP contribution is 2.44. The summed E-state index contributed by atoms with van der Waals surface area (Å²) in [6.07, 6.45) is -3.85. The van der Waals surface area contributed by atoms with E-state index in [2.05, 4.69) is 6.58 Å². The highest BCUT2D eigenvalue weighted by atomic mass is 19.1. The maximum absolute atomic E-state index is 14.5. The average Bonchev–Trinajstić information content (AvgIpc) is 2.87. The Morgan fingerprint density at radius 1 is 1.50 bits per heavy atom. The number of nitrogens with one attached hydrogen (secondary N) is 1. The van der Waals surface area contributed by atoms with Crippen LogP contribution >= 0.6 is 0 Å². The van der Waals surface area contributed by atoms with Gasteiger partial charge in [0.15, 0.2) is 6.30 Å². The Kier molecular flexibility index (Phi) is 6.55. The highest BCUT2D eigenvalue weighted by molar-refractivity contribution is 5.43. The van der Waals surface area contributed by atoms with Gasteiger partial charge in [-0.1, -0.05) is 26.0 Å². The van der Waals surface area contributed by atoms with Crippen LogP contribution < -0.4 is 11.2 Å². The second-order valence-corrected chi connectivity index (χ2v) is 6.46. The zero-order chi connectivity index (χ0) is 21.3. The summed E-state index contributed by atoms with van der Waals surface area (Å²) < 4.78 is 19.8. The van der Waals surface area contributed by atoms with Crippen LogP contribution in [-0.2, 0) is 10.6 Å². The third-order valence-electron chi connectivity index (χ3n) is 4.67. The minimum absolute atomic E-state index is 0.229. The normalized spacial score (nSPS) is 31.3. The van der Waals surface area contributed by atoms with E-state index >= 15 is 0 Å². The van der Waals surface area contributed by atoms with E-state index in [4.69, 9.17) is 4.74 Å². The van der Waals surface area contributed by atoms with E-state index in [1.165, 1.54) is 0 Å². The first-order valence-electron chi connectivity index (χ1n) is 8.61. The Labute approximate surface area is 158 Å². The summed E-state index contributed by atoms with van der Waals surface area (Å²) in [6, 6.07) is 0. The number of aliphatic hydroxyl groups is 4. The monoisotopic (exact) mass is 405 g/mol. The lowest BCUT2D eigenvalue weighted by Gasteiger charge is -2.43. The molecule has 2 heterocycles. The minimum Gasteiger partial charge on any atom is -0.394 e. The maximum Gasteiger partial charge on any atom is 0.332 e. The van der Waals surface area contributed by atoms with Crippen molar-refractivity contribution in [3.8, 4) is 0 Å². The fraction of sp³-hybridized carbons (Fsp3) is 0.625. The summed E-state index contributed by atoms with van der Waals surface area (Å²) in [6.45, 7) is 4.17. The van der Waals surface area contributed by atoms with Crippen LogP contribution in [0, 0.1) is 0 Å². The maximum atomic E-state index is 14.5. The molecule has 0 amide bonds. The first-order chi connectivity index (χ1) is 13.1. The molecule has 1 unspecified atom stereocenters. The molecule has 1 fully saturated rings. The van der Waals surface area contributed by atoms with Gasteiger partial charge in [-0.2, -0.15) is 0 Å². The van der Waals surface area contributed by atoms with E-state index in [9.17, 15) is 39.6 Å². The smallest absolute Gasteiger partial charge is 0.332 e. The van der Waals surface area contributed by atoms with Crippen molar-refractivity contribution in [1.82, 2.24) is 14.6 Å². The molecule has 0 saturated carbocycles. The minimum atomic E-state index is -3.31. The number of H-pyrrole nitrogens is 1. The van der Waals surface area contributed by atoms with Crippen molar-refractivity contribution in [3.63, 3.8) is 0 Å². The first kappa shape index (κ1) is 22.4. The predicted octanol–water partition coefficient (Wildman–Crippen LogP) is -1.60. The molecule has 0 aromatic carbocycles. The summed E-state index contributed by atoms with van der Waals surface area (Å²) in [7, 11) is 0. The van der Waals surface area contributed by atoms with Gasteiger partial charge in [0, 0.05) is 6.20 Å². The Bertz CT molecular complexity index is 829. The third-order valence-corrected chi connectivity index (χ3v) is 4.67. The average molecular weight is 405 g/mol. The SMILES string of the molecule is C=Cc1cn([C@]2(O)O[C@H](CO)[C@@H](O)[C@]2(O)N(O)C(F)CCCC)c(=O)[nH]c1=O. The van der Waals surface area contributed by atoms with Crippen LogP contribution in [0.5, 0.6) is 0 Å². The van der Waals surface area contributed by atoms with Gasteiger partial charge in [-0.25, -0.2) is 13.8 Å². The Balaban J connectivity index is 2.66. The molecule has 158 valence electrons. The largest absolute Gasteiger partial charge is 0.394 e. The van der Waals surface area contributed by atoms with Crippen LogP contribution in [0.25, 0.3) is 6.08 Å². The van der Waals surface area contributed by atoms with Crippen LogP contribution in [0.1, 0.15) is 31.7 Å². The zero-order valence-corrected chi connectivity index (χ0v) is 15.2. The van der Waals surface area contributed by atoms with Crippen molar-refractivity contribution in [2.45, 2.75) is 56.3 Å². The molecule has 0 radical (unpaired) electrons. The van der Waals surface area contributed by atoms with Gasteiger partial charge in [-0.15, -0.1) is 5.06 Å². The number of aromatic amines is 1. The fourth-order valence-corrected chi connectivity index (χ4v) is 3.03. The van der Waals surface area contributed by atoms with Gasteiger partial charge in [0.25, 0.3) is 5.56 Å². The molecule has 1 aliphatic rings. The highest BCUT2D eigenvalue weighted by Gasteiger charge is 2.71. The van der Waals surface area contributed by atoms with E-state index in [-0.39, 0.29) is 21.6 Å². The van der Waals surface area contributed by atoms with Gasteiger partial charge in [-0.05, 0) is 12.8 Å². The summed E-state index contributed by atoms with van der Waals surface area (Å²) in [5, 5.41) is 51.6. The molecule has 12 heteroatoms. The molecule has 1 aromatic rings. The topological polar surface area (TPSA) is 168 Å². The molecule has 11 nitrogen and oxygen atoms in total. The van der Waals surface area contributed by atoms with Crippen LogP contribution in [0.4, 0.5) is 4.39 Å². The molecule has 0 bridgehead atoms. The molecule has 28 heavy (non-hydrogen) atoms. The lowest BCUT2D eigenvalue weighted by Crippen LogP contribution is -2.69. The number of aliphatic hydroxyl groups excluding tert-OH is 2. The Morgan fingerprint density at radius 2 is 2.14 bits per heavy atom. The number of halogens is 1. The number of alkyl halides is 1. The van der Waals surface area contributed by atoms with E-state index in [0.29, 0.717) is 12.8 Å². The summed E-state index contributed by atoms with van der Waals surface area (Å²) in [4.78, 5) is 25.8. The lowest BCUT2D eigenvalue weighted by molar-refractivity contribution is -0.428. The first-order valence-corrected chi connectivity index (χ1v) is 8.61. The molecule has 2 rings (SSSR count). The predicted molar refractivity (Wildman–Crippen MR) is 92.6 cm³/mol. The summed E-state index contributed by atoms with van der Waals surface area (Å²) >= 11 is 0. The van der Waals surface area contributed by atoms with Crippen molar-refractivity contribution >= 4 is 6.08 Å². The molecule has 6 N–H and O–H groups in total. The van der Waals surface area contributed by atoms with Gasteiger partial charge in [-0.3, -0.25) is 9.78 Å². The number of hydrogen-bond donors (Lipinski definition) is 6. The van der Waals surface area contributed by atoms with Gasteiger partial charge in [0.1, 0.15) is 12.2 Å². The van der Waals surface area contributed by atoms with E-state index in [1.807, 2.05) is 4.98 Å². The van der Waals surface area contributed by atoms with Gasteiger partial charge in [0.05, 0.1) is 12.2 Å². The number of unbranched alkanes of at least 4 members (excludes halogenated alkanes) is 1. The van der Waals surface area contributed by atoms with Gasteiger partial charge < -0.3 is 30.4 Å². The lowest BCUT2D eigenvalue weighted by atomic mass is 10.00. The number of nitrogens with zero attached hydrogens (tertiary/aromatic N) is 2. The molecule has 0 spiro atoms. The molecule has 1 aromatic heterocycles. The molecule has 1 aliphatic heterocycles. The van der Waals surface area contributed by atoms with E-state index in [0.717, 1.165) is 12.3 Å². The fourth-order valence-electron chi connectivity index (χ4n) is 3.03. The summed E-state index contributed by atoms with van der Waals surface area (Å²) in [5.41, 5.74) is -5.70. The van der Waals surface area contributed by atoms with Crippen LogP contribution in [0.2, 0.25) is 0 Å². The molecule has 5 atom stereocenters. The zero-order valence-electron chi connectivity index (χ0n) is 15.2. The van der Waals surface area contributed by atoms with Crippen molar-refractivity contribution < 1.29 is 34.8 Å². The van der Waals surface area contributed by atoms with E-state index in [1.54, 1.807) is 6.92 Å². The van der Waals surface area contributed by atoms with Gasteiger partial charge >= 0.3 is 11.6 Å². The molecule has 0 aliphatic carbocycles. The number of hydroxylamine groups is 2. The summed E-state index contributed by atoms with van der Waals surface area (Å²) in [5.74, 6) is -3.27. The van der Waals surface area contributed by atoms with Crippen molar-refractivity contribution in [2.75, 3.05) is 6.61 Å².